The highest BCUT2D eigenvalue weighted by Gasteiger charge is 2.10. The van der Waals surface area contributed by atoms with Crippen molar-refractivity contribution >= 4 is 34.7 Å². The molecule has 0 saturated heterocycles. The van der Waals surface area contributed by atoms with Gasteiger partial charge in [-0.1, -0.05) is 54.7 Å². The van der Waals surface area contributed by atoms with E-state index in [-0.39, 0.29) is 0 Å². The minimum atomic E-state index is 0.879. The van der Waals surface area contributed by atoms with Crippen LogP contribution in [0.15, 0.2) is 71.8 Å². The molecule has 118 valence electrons. The Labute approximate surface area is 148 Å². The van der Waals surface area contributed by atoms with Gasteiger partial charge in [0.25, 0.3) is 0 Å². The number of thiophene rings is 1. The molecule has 3 aromatic heterocycles. The molecule has 0 N–H and O–H groups in total. The molecule has 0 unspecified atom stereocenters. The lowest BCUT2D eigenvalue weighted by molar-refractivity contribution is 0.921. The topological polar surface area (TPSA) is 30.2 Å². The van der Waals surface area contributed by atoms with Crippen molar-refractivity contribution in [3.8, 4) is 10.6 Å². The number of thioether (sulfide) groups is 1. The van der Waals surface area contributed by atoms with Gasteiger partial charge in [0, 0.05) is 18.1 Å². The maximum absolute atomic E-state index is 4.66. The van der Waals surface area contributed by atoms with Crippen LogP contribution in [0, 0.1) is 0 Å². The number of benzene rings is 1. The summed E-state index contributed by atoms with van der Waals surface area (Å²) in [6, 6.07) is 14.7. The molecule has 0 radical (unpaired) electrons. The molecule has 0 fully saturated rings. The van der Waals surface area contributed by atoms with E-state index in [2.05, 4.69) is 58.4 Å². The number of rotatable bonds is 5. The minimum absolute atomic E-state index is 0.879. The van der Waals surface area contributed by atoms with Crippen molar-refractivity contribution in [2.75, 3.05) is 0 Å². The van der Waals surface area contributed by atoms with Gasteiger partial charge in [0.05, 0.1) is 10.4 Å². The van der Waals surface area contributed by atoms with Gasteiger partial charge >= 0.3 is 0 Å². The Bertz CT molecular complexity index is 970. The average Bonchev–Trinajstić information content (AvgIpc) is 3.29. The number of aromatic nitrogens is 3. The molecule has 0 aliphatic carbocycles. The molecule has 24 heavy (non-hydrogen) atoms. The van der Waals surface area contributed by atoms with Gasteiger partial charge in [-0.05, 0) is 28.6 Å². The predicted octanol–water partition coefficient (Wildman–Crippen LogP) is 5.39. The largest absolute Gasteiger partial charge is 0.246 e. The predicted molar refractivity (Wildman–Crippen MR) is 102 cm³/mol. The highest BCUT2D eigenvalue weighted by atomic mass is 32.2. The van der Waals surface area contributed by atoms with Crippen LogP contribution in [0.25, 0.3) is 22.2 Å². The zero-order valence-electron chi connectivity index (χ0n) is 12.9. The van der Waals surface area contributed by atoms with E-state index in [1.165, 1.54) is 10.4 Å². The molecule has 0 amide bonds. The monoisotopic (exact) mass is 349 g/mol. The fraction of sp³-hybridized carbons (Fsp3) is 0.0526. The molecule has 4 aromatic rings. The van der Waals surface area contributed by atoms with E-state index < -0.39 is 0 Å². The summed E-state index contributed by atoms with van der Waals surface area (Å²) in [4.78, 5) is 5.72. The summed E-state index contributed by atoms with van der Waals surface area (Å²) in [5.41, 5.74) is 4.46. The van der Waals surface area contributed by atoms with Crippen LogP contribution in [-0.4, -0.2) is 14.6 Å². The molecule has 0 aliphatic rings. The zero-order chi connectivity index (χ0) is 16.4. The lowest BCUT2D eigenvalue weighted by atomic mass is 10.1. The summed E-state index contributed by atoms with van der Waals surface area (Å²) < 4.78 is 1.91. The maximum Gasteiger partial charge on any atom is 0.122 e. The van der Waals surface area contributed by atoms with Crippen LogP contribution >= 0.6 is 23.1 Å². The van der Waals surface area contributed by atoms with Crippen molar-refractivity contribution in [3.05, 3.63) is 77.9 Å². The van der Waals surface area contributed by atoms with Crippen LogP contribution in [0.1, 0.15) is 11.1 Å². The van der Waals surface area contributed by atoms with Crippen LogP contribution < -0.4 is 0 Å². The SMILES string of the molecule is C=Cc1ccc(CSc2nccn3nc(-c4cccs4)cc23)cc1. The Kier molecular flexibility index (Phi) is 4.19. The van der Waals surface area contributed by atoms with E-state index in [4.69, 9.17) is 0 Å². The summed E-state index contributed by atoms with van der Waals surface area (Å²) in [6.45, 7) is 3.79. The standard InChI is InChI=1S/C19H15N3S2/c1-2-14-5-7-15(8-6-14)13-24-19-17-12-16(18-4-3-11-23-18)21-22(17)10-9-20-19/h2-12H,1,13H2. The normalized spacial score (nSPS) is 11.0. The molecule has 0 spiro atoms. The van der Waals surface area contributed by atoms with Crippen LogP contribution in [0.3, 0.4) is 0 Å². The lowest BCUT2D eigenvalue weighted by Crippen LogP contribution is -1.91. The molecular weight excluding hydrogens is 334 g/mol. The third kappa shape index (κ3) is 3.00. The molecule has 0 bridgehead atoms. The maximum atomic E-state index is 4.66. The summed E-state index contributed by atoms with van der Waals surface area (Å²) in [5, 5.41) is 7.73. The van der Waals surface area contributed by atoms with Gasteiger partial charge < -0.3 is 0 Å². The smallest absolute Gasteiger partial charge is 0.122 e. The van der Waals surface area contributed by atoms with Crippen LogP contribution in [0.5, 0.6) is 0 Å². The van der Waals surface area contributed by atoms with Crippen molar-refractivity contribution in [1.82, 2.24) is 14.6 Å². The highest BCUT2D eigenvalue weighted by molar-refractivity contribution is 7.98. The molecule has 3 nitrogen and oxygen atoms in total. The van der Waals surface area contributed by atoms with E-state index in [9.17, 15) is 0 Å². The van der Waals surface area contributed by atoms with Crippen molar-refractivity contribution in [2.24, 2.45) is 0 Å². The number of nitrogens with zero attached hydrogens (tertiary/aromatic N) is 3. The Morgan fingerprint density at radius 3 is 2.83 bits per heavy atom. The first kappa shape index (κ1) is 15.2. The van der Waals surface area contributed by atoms with Crippen LogP contribution in [0.4, 0.5) is 0 Å². The van der Waals surface area contributed by atoms with Crippen molar-refractivity contribution < 1.29 is 0 Å². The van der Waals surface area contributed by atoms with Crippen molar-refractivity contribution in [1.29, 1.82) is 0 Å². The van der Waals surface area contributed by atoms with Gasteiger partial charge in [-0.15, -0.1) is 11.3 Å². The van der Waals surface area contributed by atoms with Gasteiger partial charge in [0.2, 0.25) is 0 Å². The van der Waals surface area contributed by atoms with E-state index in [0.717, 1.165) is 27.6 Å². The highest BCUT2D eigenvalue weighted by Crippen LogP contribution is 2.29. The second-order valence-electron chi connectivity index (χ2n) is 5.30. The van der Waals surface area contributed by atoms with E-state index in [0.29, 0.717) is 0 Å². The first-order valence-corrected chi connectivity index (χ1v) is 9.42. The van der Waals surface area contributed by atoms with Gasteiger partial charge in [0.15, 0.2) is 0 Å². The number of hydrogen-bond acceptors (Lipinski definition) is 4. The molecule has 4 rings (SSSR count). The summed E-state index contributed by atoms with van der Waals surface area (Å²) >= 11 is 3.43. The molecule has 3 heterocycles. The van der Waals surface area contributed by atoms with Gasteiger partial charge in [-0.3, -0.25) is 0 Å². The first-order chi connectivity index (χ1) is 11.8. The average molecular weight is 349 g/mol. The molecular formula is C19H15N3S2. The summed E-state index contributed by atoms with van der Waals surface area (Å²) in [7, 11) is 0. The molecule has 5 heteroatoms. The first-order valence-electron chi connectivity index (χ1n) is 7.56. The lowest BCUT2D eigenvalue weighted by Gasteiger charge is -2.03. The fourth-order valence-electron chi connectivity index (χ4n) is 2.46. The third-order valence-electron chi connectivity index (χ3n) is 3.72. The number of hydrogen-bond donors (Lipinski definition) is 0. The van der Waals surface area contributed by atoms with Crippen molar-refractivity contribution in [2.45, 2.75) is 10.8 Å². The number of fused-ring (bicyclic) bond motifs is 1. The van der Waals surface area contributed by atoms with Crippen molar-refractivity contribution in [3.63, 3.8) is 0 Å². The van der Waals surface area contributed by atoms with Gasteiger partial charge in [0.1, 0.15) is 10.7 Å². The Morgan fingerprint density at radius 2 is 2.08 bits per heavy atom. The van der Waals surface area contributed by atoms with E-state index in [1.54, 1.807) is 29.3 Å². The molecule has 1 aromatic carbocycles. The fourth-order valence-corrected chi connectivity index (χ4v) is 4.07. The van der Waals surface area contributed by atoms with E-state index >= 15 is 0 Å². The van der Waals surface area contributed by atoms with E-state index in [1.807, 2.05) is 22.9 Å². The summed E-state index contributed by atoms with van der Waals surface area (Å²) in [5.74, 6) is 0.879. The second kappa shape index (κ2) is 6.63. The summed E-state index contributed by atoms with van der Waals surface area (Å²) in [6.07, 6.45) is 5.56. The Balaban J connectivity index is 1.60. The molecule has 0 atom stereocenters. The van der Waals surface area contributed by atoms with Gasteiger partial charge in [-0.25, -0.2) is 9.50 Å². The second-order valence-corrected chi connectivity index (χ2v) is 7.22. The minimum Gasteiger partial charge on any atom is -0.246 e. The van der Waals surface area contributed by atoms with Crippen LogP contribution in [-0.2, 0) is 5.75 Å². The Morgan fingerprint density at radius 1 is 1.21 bits per heavy atom. The zero-order valence-corrected chi connectivity index (χ0v) is 14.6. The third-order valence-corrected chi connectivity index (χ3v) is 5.68. The van der Waals surface area contributed by atoms with Gasteiger partial charge in [-0.2, -0.15) is 5.10 Å². The molecule has 0 saturated carbocycles. The quantitative estimate of drug-likeness (QED) is 0.452. The molecule has 0 aliphatic heterocycles. The Hall–Kier alpha value is -2.37. The van der Waals surface area contributed by atoms with Crippen LogP contribution in [0.2, 0.25) is 0 Å².